The van der Waals surface area contributed by atoms with Gasteiger partial charge in [-0.05, 0) is 30.0 Å². The highest BCUT2D eigenvalue weighted by atomic mass is 16.2. The Morgan fingerprint density at radius 1 is 1.05 bits per heavy atom. The number of hydrogen-bond donors (Lipinski definition) is 1. The Kier molecular flexibility index (Phi) is 3.11. The zero-order valence-corrected chi connectivity index (χ0v) is 12.1. The molecule has 2 atom stereocenters. The summed E-state index contributed by atoms with van der Waals surface area (Å²) in [7, 11) is 0. The van der Waals surface area contributed by atoms with Crippen molar-refractivity contribution in [3.8, 4) is 0 Å². The van der Waals surface area contributed by atoms with Crippen molar-refractivity contribution >= 4 is 22.4 Å². The van der Waals surface area contributed by atoms with Crippen LogP contribution in [0.15, 0.2) is 67.0 Å². The first kappa shape index (κ1) is 13.0. The summed E-state index contributed by atoms with van der Waals surface area (Å²) >= 11 is 0. The fraction of sp³-hybridized carbons (Fsp3) is 0.158. The summed E-state index contributed by atoms with van der Waals surface area (Å²) in [6.07, 6.45) is 4.50. The van der Waals surface area contributed by atoms with Gasteiger partial charge in [0, 0.05) is 34.8 Å². The number of rotatable bonds is 3. The molecule has 22 heavy (non-hydrogen) atoms. The predicted molar refractivity (Wildman–Crippen MR) is 87.7 cm³/mol. The number of nitrogens with zero attached hydrogens (tertiary/aromatic N) is 1. The van der Waals surface area contributed by atoms with Crippen molar-refractivity contribution in [1.29, 1.82) is 0 Å². The Morgan fingerprint density at radius 2 is 1.91 bits per heavy atom. The smallest absolute Gasteiger partial charge is 0.228 e. The second-order valence-corrected chi connectivity index (χ2v) is 5.75. The SMILES string of the molecule is O=C(Nc1cccc2cnccc12)[C@@H]1C[C@H]1c1ccccc1. The van der Waals surface area contributed by atoms with Crippen LogP contribution in [0.3, 0.4) is 0 Å². The molecule has 1 heterocycles. The van der Waals surface area contributed by atoms with E-state index in [1.807, 2.05) is 48.7 Å². The van der Waals surface area contributed by atoms with E-state index in [2.05, 4.69) is 22.4 Å². The van der Waals surface area contributed by atoms with Crippen molar-refractivity contribution < 1.29 is 4.79 Å². The summed E-state index contributed by atoms with van der Waals surface area (Å²) < 4.78 is 0. The van der Waals surface area contributed by atoms with Crippen LogP contribution in [0.1, 0.15) is 17.9 Å². The molecule has 0 saturated heterocycles. The zero-order valence-electron chi connectivity index (χ0n) is 12.1. The van der Waals surface area contributed by atoms with Gasteiger partial charge in [-0.3, -0.25) is 9.78 Å². The van der Waals surface area contributed by atoms with Crippen LogP contribution in [0.5, 0.6) is 0 Å². The molecule has 3 nitrogen and oxygen atoms in total. The van der Waals surface area contributed by atoms with Crippen LogP contribution in [-0.2, 0) is 4.79 Å². The van der Waals surface area contributed by atoms with Crippen molar-refractivity contribution in [3.63, 3.8) is 0 Å². The van der Waals surface area contributed by atoms with Gasteiger partial charge in [0.25, 0.3) is 0 Å². The van der Waals surface area contributed by atoms with Crippen LogP contribution in [0.25, 0.3) is 10.8 Å². The quantitative estimate of drug-likeness (QED) is 0.792. The minimum atomic E-state index is 0.0829. The molecule has 3 heteroatoms. The number of aromatic nitrogens is 1. The molecule has 0 unspecified atom stereocenters. The molecule has 1 aromatic heterocycles. The Labute approximate surface area is 129 Å². The lowest BCUT2D eigenvalue weighted by atomic mass is 10.1. The monoisotopic (exact) mass is 288 g/mol. The van der Waals surface area contributed by atoms with Crippen LogP contribution in [-0.4, -0.2) is 10.9 Å². The molecule has 0 aliphatic heterocycles. The zero-order chi connectivity index (χ0) is 14.9. The van der Waals surface area contributed by atoms with E-state index in [0.29, 0.717) is 5.92 Å². The molecular formula is C19H16N2O. The second kappa shape index (κ2) is 5.26. The van der Waals surface area contributed by atoms with Gasteiger partial charge in [0.1, 0.15) is 0 Å². The van der Waals surface area contributed by atoms with Gasteiger partial charge in [0.2, 0.25) is 5.91 Å². The summed E-state index contributed by atoms with van der Waals surface area (Å²) in [5.41, 5.74) is 2.12. The standard InChI is InChI=1S/C19H16N2O/c22-19(17-11-16(17)13-5-2-1-3-6-13)21-18-8-4-7-14-12-20-10-9-15(14)18/h1-10,12,16-17H,11H2,(H,21,22)/t16-,17+/m0/s1. The number of pyridine rings is 1. The summed E-state index contributed by atoms with van der Waals surface area (Å²) in [4.78, 5) is 16.6. The Morgan fingerprint density at radius 3 is 2.77 bits per heavy atom. The topological polar surface area (TPSA) is 42.0 Å². The number of carbonyl (C=O) groups excluding carboxylic acids is 1. The molecule has 4 rings (SSSR count). The lowest BCUT2D eigenvalue weighted by molar-refractivity contribution is -0.117. The van der Waals surface area contributed by atoms with Gasteiger partial charge in [0.05, 0.1) is 0 Å². The van der Waals surface area contributed by atoms with Crippen molar-refractivity contribution in [2.24, 2.45) is 5.92 Å². The first-order valence-electron chi connectivity index (χ1n) is 7.51. The van der Waals surface area contributed by atoms with Crippen LogP contribution < -0.4 is 5.32 Å². The van der Waals surface area contributed by atoms with Crippen LogP contribution >= 0.6 is 0 Å². The fourth-order valence-electron chi connectivity index (χ4n) is 3.01. The largest absolute Gasteiger partial charge is 0.325 e. The normalized spacial score (nSPS) is 19.8. The maximum Gasteiger partial charge on any atom is 0.228 e. The molecule has 0 spiro atoms. The molecule has 1 saturated carbocycles. The molecule has 0 bridgehead atoms. The summed E-state index contributed by atoms with van der Waals surface area (Å²) in [5.74, 6) is 0.551. The van der Waals surface area contributed by atoms with E-state index in [-0.39, 0.29) is 11.8 Å². The summed E-state index contributed by atoms with van der Waals surface area (Å²) in [5, 5.41) is 5.15. The van der Waals surface area contributed by atoms with Gasteiger partial charge in [-0.25, -0.2) is 0 Å². The average Bonchev–Trinajstić information content (AvgIpc) is 3.37. The van der Waals surface area contributed by atoms with Gasteiger partial charge in [0.15, 0.2) is 0 Å². The molecule has 1 fully saturated rings. The van der Waals surface area contributed by atoms with E-state index in [1.165, 1.54) is 5.56 Å². The number of amides is 1. The minimum Gasteiger partial charge on any atom is -0.325 e. The Balaban J connectivity index is 1.53. The lowest BCUT2D eigenvalue weighted by Crippen LogP contribution is -2.14. The minimum absolute atomic E-state index is 0.0829. The van der Waals surface area contributed by atoms with E-state index >= 15 is 0 Å². The van der Waals surface area contributed by atoms with Gasteiger partial charge < -0.3 is 5.32 Å². The third kappa shape index (κ3) is 2.35. The Bertz CT molecular complexity index is 824. The van der Waals surface area contributed by atoms with E-state index in [4.69, 9.17) is 0 Å². The van der Waals surface area contributed by atoms with E-state index in [9.17, 15) is 4.79 Å². The molecule has 2 aromatic carbocycles. The second-order valence-electron chi connectivity index (χ2n) is 5.75. The predicted octanol–water partition coefficient (Wildman–Crippen LogP) is 3.98. The van der Waals surface area contributed by atoms with E-state index < -0.39 is 0 Å². The summed E-state index contributed by atoms with van der Waals surface area (Å²) in [6.45, 7) is 0. The van der Waals surface area contributed by atoms with Gasteiger partial charge in [-0.1, -0.05) is 42.5 Å². The van der Waals surface area contributed by atoms with Gasteiger partial charge >= 0.3 is 0 Å². The first-order valence-corrected chi connectivity index (χ1v) is 7.51. The average molecular weight is 288 g/mol. The molecular weight excluding hydrogens is 272 g/mol. The molecule has 1 amide bonds. The van der Waals surface area contributed by atoms with Crippen molar-refractivity contribution in [2.45, 2.75) is 12.3 Å². The molecule has 1 N–H and O–H groups in total. The third-order valence-electron chi connectivity index (χ3n) is 4.29. The lowest BCUT2D eigenvalue weighted by Gasteiger charge is -2.08. The number of anilines is 1. The molecule has 1 aliphatic carbocycles. The van der Waals surface area contributed by atoms with Crippen molar-refractivity contribution in [1.82, 2.24) is 4.98 Å². The van der Waals surface area contributed by atoms with E-state index in [1.54, 1.807) is 6.20 Å². The van der Waals surface area contributed by atoms with Crippen LogP contribution in [0.2, 0.25) is 0 Å². The molecule has 108 valence electrons. The van der Waals surface area contributed by atoms with Gasteiger partial charge in [-0.15, -0.1) is 0 Å². The molecule has 0 radical (unpaired) electrons. The summed E-state index contributed by atoms with van der Waals surface area (Å²) in [6, 6.07) is 18.1. The Hall–Kier alpha value is -2.68. The maximum atomic E-state index is 12.5. The molecule has 3 aromatic rings. The number of nitrogens with one attached hydrogen (secondary N) is 1. The highest BCUT2D eigenvalue weighted by Gasteiger charge is 2.43. The van der Waals surface area contributed by atoms with Crippen molar-refractivity contribution in [3.05, 3.63) is 72.6 Å². The number of hydrogen-bond acceptors (Lipinski definition) is 2. The third-order valence-corrected chi connectivity index (χ3v) is 4.29. The number of carbonyl (C=O) groups is 1. The molecule has 1 aliphatic rings. The van der Waals surface area contributed by atoms with Gasteiger partial charge in [-0.2, -0.15) is 0 Å². The van der Waals surface area contributed by atoms with Crippen molar-refractivity contribution in [2.75, 3.05) is 5.32 Å². The van der Waals surface area contributed by atoms with Crippen LogP contribution in [0, 0.1) is 5.92 Å². The first-order chi connectivity index (χ1) is 10.8. The number of benzene rings is 2. The van der Waals surface area contributed by atoms with E-state index in [0.717, 1.165) is 22.9 Å². The van der Waals surface area contributed by atoms with Crippen LogP contribution in [0.4, 0.5) is 5.69 Å². The highest BCUT2D eigenvalue weighted by molar-refractivity contribution is 6.03. The number of fused-ring (bicyclic) bond motifs is 1. The maximum absolute atomic E-state index is 12.5. The highest BCUT2D eigenvalue weighted by Crippen LogP contribution is 2.48. The fourth-order valence-corrected chi connectivity index (χ4v) is 3.01.